The van der Waals surface area contributed by atoms with Crippen molar-refractivity contribution < 1.29 is 0 Å². The van der Waals surface area contributed by atoms with Gasteiger partial charge < -0.3 is 15.1 Å². The molecule has 0 aliphatic heterocycles. The fourth-order valence-corrected chi connectivity index (χ4v) is 1.94. The average molecular weight is 419 g/mol. The van der Waals surface area contributed by atoms with E-state index in [1.807, 2.05) is 31.3 Å². The van der Waals surface area contributed by atoms with E-state index in [1.54, 1.807) is 0 Å². The maximum absolute atomic E-state index is 4.72. The summed E-state index contributed by atoms with van der Waals surface area (Å²) in [4.78, 5) is 13.3. The monoisotopic (exact) mass is 419 g/mol. The molecule has 22 heavy (non-hydrogen) atoms. The summed E-state index contributed by atoms with van der Waals surface area (Å²) in [6, 6.07) is 4.10. The second-order valence-electron chi connectivity index (χ2n) is 5.36. The molecule has 0 bridgehead atoms. The maximum atomic E-state index is 4.72. The molecule has 0 unspecified atom stereocenters. The highest BCUT2D eigenvalue weighted by Crippen LogP contribution is 2.10. The van der Waals surface area contributed by atoms with E-state index in [-0.39, 0.29) is 24.0 Å². The molecule has 0 atom stereocenters. The zero-order valence-corrected chi connectivity index (χ0v) is 16.8. The standard InChI is InChI=1S/C16H29N5.HI/c1-6-8-11-21(5)16(17-7-2)19-13-14-9-10-18-15(12-14)20(3)4;/h9-10,12H,6-8,11,13H2,1-5H3,(H,17,19);1H. The summed E-state index contributed by atoms with van der Waals surface area (Å²) in [5.41, 5.74) is 1.17. The van der Waals surface area contributed by atoms with Crippen LogP contribution in [0.3, 0.4) is 0 Å². The quantitative estimate of drug-likeness (QED) is 0.419. The fourth-order valence-electron chi connectivity index (χ4n) is 1.94. The van der Waals surface area contributed by atoms with Crippen LogP contribution in [0.2, 0.25) is 0 Å². The predicted octanol–water partition coefficient (Wildman–Crippen LogP) is 2.96. The molecule has 0 aliphatic carbocycles. The van der Waals surface area contributed by atoms with Crippen LogP contribution in [0.1, 0.15) is 32.3 Å². The number of guanidine groups is 1. The van der Waals surface area contributed by atoms with Gasteiger partial charge in [0, 0.05) is 40.4 Å². The molecule has 1 heterocycles. The van der Waals surface area contributed by atoms with Crippen LogP contribution in [0.25, 0.3) is 0 Å². The second-order valence-corrected chi connectivity index (χ2v) is 5.36. The van der Waals surface area contributed by atoms with Gasteiger partial charge in [0.05, 0.1) is 6.54 Å². The van der Waals surface area contributed by atoms with Crippen LogP contribution in [0.15, 0.2) is 23.3 Å². The number of unbranched alkanes of at least 4 members (excludes halogenated alkanes) is 1. The number of hydrogen-bond donors (Lipinski definition) is 1. The van der Waals surface area contributed by atoms with Crippen LogP contribution in [0.4, 0.5) is 5.82 Å². The van der Waals surface area contributed by atoms with Gasteiger partial charge in [0.2, 0.25) is 0 Å². The molecule has 5 nitrogen and oxygen atoms in total. The lowest BCUT2D eigenvalue weighted by Crippen LogP contribution is -2.39. The Morgan fingerprint density at radius 1 is 1.27 bits per heavy atom. The van der Waals surface area contributed by atoms with Gasteiger partial charge >= 0.3 is 0 Å². The molecule has 0 amide bonds. The number of aliphatic imine (C=N–C) groups is 1. The Hall–Kier alpha value is -1.05. The topological polar surface area (TPSA) is 43.8 Å². The third kappa shape index (κ3) is 7.29. The van der Waals surface area contributed by atoms with Crippen molar-refractivity contribution in [1.82, 2.24) is 15.2 Å². The molecular formula is C16H30IN5. The molecule has 0 saturated carbocycles. The van der Waals surface area contributed by atoms with Crippen LogP contribution >= 0.6 is 24.0 Å². The average Bonchev–Trinajstić information content (AvgIpc) is 2.49. The molecule has 1 aromatic rings. The molecule has 1 aromatic heterocycles. The predicted molar refractivity (Wildman–Crippen MR) is 106 cm³/mol. The summed E-state index contributed by atoms with van der Waals surface area (Å²) in [6.45, 7) is 6.88. The van der Waals surface area contributed by atoms with Crippen LogP contribution in [-0.4, -0.2) is 50.1 Å². The van der Waals surface area contributed by atoms with E-state index in [0.717, 1.165) is 24.9 Å². The number of anilines is 1. The van der Waals surface area contributed by atoms with Crippen LogP contribution < -0.4 is 10.2 Å². The first-order chi connectivity index (χ1) is 10.1. The Morgan fingerprint density at radius 2 is 2.00 bits per heavy atom. The molecule has 0 radical (unpaired) electrons. The van der Waals surface area contributed by atoms with Gasteiger partial charge in [0.25, 0.3) is 0 Å². The van der Waals surface area contributed by atoms with E-state index in [0.29, 0.717) is 6.54 Å². The van der Waals surface area contributed by atoms with E-state index in [4.69, 9.17) is 4.99 Å². The van der Waals surface area contributed by atoms with Crippen LogP contribution in [0, 0.1) is 0 Å². The third-order valence-corrected chi connectivity index (χ3v) is 3.22. The van der Waals surface area contributed by atoms with E-state index in [2.05, 4.69) is 42.2 Å². The number of aromatic nitrogens is 1. The minimum absolute atomic E-state index is 0. The van der Waals surface area contributed by atoms with E-state index < -0.39 is 0 Å². The largest absolute Gasteiger partial charge is 0.363 e. The molecule has 6 heteroatoms. The summed E-state index contributed by atoms with van der Waals surface area (Å²) in [5.74, 6) is 1.93. The molecule has 0 aromatic carbocycles. The smallest absolute Gasteiger partial charge is 0.193 e. The van der Waals surface area contributed by atoms with Gasteiger partial charge in [-0.25, -0.2) is 9.98 Å². The lowest BCUT2D eigenvalue weighted by atomic mass is 10.2. The van der Waals surface area contributed by atoms with Gasteiger partial charge in [0.15, 0.2) is 5.96 Å². The van der Waals surface area contributed by atoms with E-state index in [1.165, 1.54) is 18.4 Å². The number of pyridine rings is 1. The molecular weight excluding hydrogens is 389 g/mol. The normalized spacial score (nSPS) is 10.9. The molecule has 0 spiro atoms. The highest BCUT2D eigenvalue weighted by atomic mass is 127. The van der Waals surface area contributed by atoms with Crippen molar-refractivity contribution in [3.63, 3.8) is 0 Å². The number of nitrogens with zero attached hydrogens (tertiary/aromatic N) is 4. The molecule has 0 aliphatic rings. The van der Waals surface area contributed by atoms with Crippen molar-refractivity contribution >= 4 is 35.8 Å². The van der Waals surface area contributed by atoms with Crippen molar-refractivity contribution in [1.29, 1.82) is 0 Å². The summed E-state index contributed by atoms with van der Waals surface area (Å²) in [7, 11) is 6.09. The summed E-state index contributed by atoms with van der Waals surface area (Å²) < 4.78 is 0. The lowest BCUT2D eigenvalue weighted by Gasteiger charge is -2.21. The van der Waals surface area contributed by atoms with Gasteiger partial charge in [0.1, 0.15) is 5.82 Å². The Balaban J connectivity index is 0.00000441. The van der Waals surface area contributed by atoms with Gasteiger partial charge in [-0.15, -0.1) is 24.0 Å². The third-order valence-electron chi connectivity index (χ3n) is 3.22. The Labute approximate surface area is 152 Å². The highest BCUT2D eigenvalue weighted by molar-refractivity contribution is 14.0. The zero-order valence-electron chi connectivity index (χ0n) is 14.5. The molecule has 1 N–H and O–H groups in total. The van der Waals surface area contributed by atoms with Crippen molar-refractivity contribution in [2.45, 2.75) is 33.2 Å². The number of hydrogen-bond acceptors (Lipinski definition) is 3. The van der Waals surface area contributed by atoms with E-state index >= 15 is 0 Å². The van der Waals surface area contributed by atoms with Crippen molar-refractivity contribution in [2.24, 2.45) is 4.99 Å². The van der Waals surface area contributed by atoms with Crippen molar-refractivity contribution in [2.75, 3.05) is 39.1 Å². The minimum Gasteiger partial charge on any atom is -0.363 e. The van der Waals surface area contributed by atoms with Gasteiger partial charge in [-0.1, -0.05) is 13.3 Å². The molecule has 0 saturated heterocycles. The minimum atomic E-state index is 0. The molecule has 1 rings (SSSR count). The Bertz CT molecular complexity index is 448. The first-order valence-electron chi connectivity index (χ1n) is 7.70. The van der Waals surface area contributed by atoms with Gasteiger partial charge in [-0.05, 0) is 31.0 Å². The Kier molecular flexibility index (Phi) is 11.0. The summed E-state index contributed by atoms with van der Waals surface area (Å²) in [6.07, 6.45) is 4.22. The zero-order chi connectivity index (χ0) is 15.7. The van der Waals surface area contributed by atoms with Gasteiger partial charge in [-0.3, -0.25) is 0 Å². The first kappa shape index (κ1) is 20.9. The highest BCUT2D eigenvalue weighted by Gasteiger charge is 2.05. The summed E-state index contributed by atoms with van der Waals surface area (Å²) >= 11 is 0. The molecule has 126 valence electrons. The van der Waals surface area contributed by atoms with Crippen molar-refractivity contribution in [3.05, 3.63) is 23.9 Å². The number of nitrogens with one attached hydrogen (secondary N) is 1. The maximum Gasteiger partial charge on any atom is 0.193 e. The number of rotatable bonds is 7. The fraction of sp³-hybridized carbons (Fsp3) is 0.625. The number of halogens is 1. The van der Waals surface area contributed by atoms with Crippen LogP contribution in [-0.2, 0) is 6.54 Å². The first-order valence-corrected chi connectivity index (χ1v) is 7.70. The molecule has 0 fully saturated rings. The van der Waals surface area contributed by atoms with E-state index in [9.17, 15) is 0 Å². The SMILES string of the molecule is CCCCN(C)C(=NCc1ccnc(N(C)C)c1)NCC.I. The second kappa shape index (κ2) is 11.5. The van der Waals surface area contributed by atoms with Crippen molar-refractivity contribution in [3.8, 4) is 0 Å². The van der Waals surface area contributed by atoms with Crippen LogP contribution in [0.5, 0.6) is 0 Å². The Morgan fingerprint density at radius 3 is 2.59 bits per heavy atom. The lowest BCUT2D eigenvalue weighted by molar-refractivity contribution is 0.465. The van der Waals surface area contributed by atoms with Gasteiger partial charge in [-0.2, -0.15) is 0 Å². The summed E-state index contributed by atoms with van der Waals surface area (Å²) in [5, 5.41) is 3.35.